The molecule has 0 saturated heterocycles. The summed E-state index contributed by atoms with van der Waals surface area (Å²) in [6.07, 6.45) is 3.83. The summed E-state index contributed by atoms with van der Waals surface area (Å²) in [5, 5.41) is 12.0. The summed E-state index contributed by atoms with van der Waals surface area (Å²) >= 11 is 0. The Morgan fingerprint density at radius 1 is 1.29 bits per heavy atom. The van der Waals surface area contributed by atoms with Crippen molar-refractivity contribution in [2.24, 2.45) is 5.41 Å². The van der Waals surface area contributed by atoms with Crippen molar-refractivity contribution in [1.29, 1.82) is 0 Å². The molecule has 1 fully saturated rings. The Labute approximate surface area is 123 Å². The highest BCUT2D eigenvalue weighted by molar-refractivity contribution is 5.94. The fourth-order valence-corrected chi connectivity index (χ4v) is 2.84. The van der Waals surface area contributed by atoms with Gasteiger partial charge in [0.2, 0.25) is 0 Å². The van der Waals surface area contributed by atoms with E-state index in [-0.39, 0.29) is 12.1 Å². The monoisotopic (exact) mass is 293 g/mol. The fraction of sp³-hybridized carbons (Fsp3) is 0.500. The molecule has 1 aromatic carbocycles. The van der Waals surface area contributed by atoms with Crippen LogP contribution in [0.4, 0.5) is 4.39 Å². The predicted octanol–water partition coefficient (Wildman–Crippen LogP) is 2.90. The van der Waals surface area contributed by atoms with Gasteiger partial charge in [0.05, 0.1) is 11.0 Å². The third-order valence-electron chi connectivity index (χ3n) is 4.22. The molecule has 0 radical (unpaired) electrons. The quantitative estimate of drug-likeness (QED) is 0.897. The minimum Gasteiger partial charge on any atom is -0.481 e. The van der Waals surface area contributed by atoms with Crippen LogP contribution in [0.2, 0.25) is 0 Å². The molecular weight excluding hydrogens is 273 g/mol. The van der Waals surface area contributed by atoms with Crippen LogP contribution < -0.4 is 5.32 Å². The third kappa shape index (κ3) is 3.40. The highest BCUT2D eigenvalue weighted by Crippen LogP contribution is 2.36. The molecule has 21 heavy (non-hydrogen) atoms. The van der Waals surface area contributed by atoms with Gasteiger partial charge in [-0.15, -0.1) is 0 Å². The molecule has 0 unspecified atom stereocenters. The van der Waals surface area contributed by atoms with Gasteiger partial charge in [0.25, 0.3) is 5.91 Å². The number of aliphatic carboxylic acids is 1. The van der Waals surface area contributed by atoms with Crippen molar-refractivity contribution in [3.63, 3.8) is 0 Å². The van der Waals surface area contributed by atoms with Crippen molar-refractivity contribution in [3.8, 4) is 0 Å². The maximum absolute atomic E-state index is 13.7. The van der Waals surface area contributed by atoms with E-state index in [1.54, 1.807) is 13.0 Å². The van der Waals surface area contributed by atoms with Crippen LogP contribution in [-0.2, 0) is 4.79 Å². The molecule has 1 aliphatic carbocycles. The highest BCUT2D eigenvalue weighted by atomic mass is 19.1. The molecule has 114 valence electrons. The summed E-state index contributed by atoms with van der Waals surface area (Å²) in [6.45, 7) is 1.79. The first-order valence-corrected chi connectivity index (χ1v) is 7.22. The lowest BCUT2D eigenvalue weighted by atomic mass is 9.74. The molecule has 1 amide bonds. The Bertz CT molecular complexity index is 550. The van der Waals surface area contributed by atoms with E-state index in [1.165, 1.54) is 12.1 Å². The Balaban J connectivity index is 2.07. The maximum atomic E-state index is 13.7. The van der Waals surface area contributed by atoms with Crippen molar-refractivity contribution in [1.82, 2.24) is 5.32 Å². The second-order valence-corrected chi connectivity index (χ2v) is 5.81. The number of nitrogens with one attached hydrogen (secondary N) is 1. The zero-order chi connectivity index (χ0) is 15.5. The molecule has 2 N–H and O–H groups in total. The Morgan fingerprint density at radius 3 is 2.52 bits per heavy atom. The van der Waals surface area contributed by atoms with E-state index in [0.717, 1.165) is 24.8 Å². The van der Waals surface area contributed by atoms with E-state index >= 15 is 0 Å². The molecule has 1 aliphatic rings. The van der Waals surface area contributed by atoms with Crippen LogP contribution in [-0.4, -0.2) is 23.5 Å². The molecule has 5 heteroatoms. The summed E-state index contributed by atoms with van der Waals surface area (Å²) < 4.78 is 13.7. The third-order valence-corrected chi connectivity index (χ3v) is 4.22. The van der Waals surface area contributed by atoms with E-state index in [0.29, 0.717) is 12.8 Å². The Kier molecular flexibility index (Phi) is 4.60. The molecule has 0 aromatic heterocycles. The number of carbonyl (C=O) groups excluding carboxylic acids is 1. The minimum absolute atomic E-state index is 0.0445. The van der Waals surface area contributed by atoms with Crippen LogP contribution in [0.1, 0.15) is 48.0 Å². The van der Waals surface area contributed by atoms with Gasteiger partial charge < -0.3 is 10.4 Å². The Hall–Kier alpha value is -1.91. The van der Waals surface area contributed by atoms with Crippen molar-refractivity contribution >= 4 is 11.9 Å². The van der Waals surface area contributed by atoms with Gasteiger partial charge >= 0.3 is 5.97 Å². The summed E-state index contributed by atoms with van der Waals surface area (Å²) in [4.78, 5) is 23.6. The van der Waals surface area contributed by atoms with Crippen LogP contribution in [0, 0.1) is 18.2 Å². The fourth-order valence-electron chi connectivity index (χ4n) is 2.84. The minimum atomic E-state index is -0.908. The second kappa shape index (κ2) is 6.24. The van der Waals surface area contributed by atoms with Crippen LogP contribution in [0.5, 0.6) is 0 Å². The van der Waals surface area contributed by atoms with E-state index < -0.39 is 23.1 Å². The van der Waals surface area contributed by atoms with Crippen molar-refractivity contribution in [2.45, 2.75) is 39.0 Å². The van der Waals surface area contributed by atoms with Crippen molar-refractivity contribution in [2.75, 3.05) is 6.54 Å². The molecule has 0 spiro atoms. The zero-order valence-corrected chi connectivity index (χ0v) is 12.1. The number of carboxylic acids is 1. The normalized spacial score (nSPS) is 17.2. The number of benzene rings is 1. The van der Waals surface area contributed by atoms with Crippen molar-refractivity contribution in [3.05, 3.63) is 35.1 Å². The van der Waals surface area contributed by atoms with Crippen molar-refractivity contribution < 1.29 is 19.1 Å². The first kappa shape index (κ1) is 15.5. The largest absolute Gasteiger partial charge is 0.481 e. The molecule has 1 aromatic rings. The molecule has 0 heterocycles. The number of halogens is 1. The van der Waals surface area contributed by atoms with Gasteiger partial charge in [-0.25, -0.2) is 4.39 Å². The number of hydrogen-bond donors (Lipinski definition) is 2. The molecule has 4 nitrogen and oxygen atoms in total. The standard InChI is InChI=1S/C16H20FNO3/c1-11-5-6-12(13(17)9-11)14(19)18-10-16(15(20)21)7-3-2-4-8-16/h5-6,9H,2-4,7-8,10H2,1H3,(H,18,19)(H,20,21). The average molecular weight is 293 g/mol. The van der Waals surface area contributed by atoms with Gasteiger partial charge in [-0.05, 0) is 37.5 Å². The maximum Gasteiger partial charge on any atom is 0.311 e. The lowest BCUT2D eigenvalue weighted by Gasteiger charge is -2.33. The van der Waals surface area contributed by atoms with E-state index in [9.17, 15) is 19.1 Å². The predicted molar refractivity (Wildman–Crippen MR) is 76.6 cm³/mol. The summed E-state index contributed by atoms with van der Waals surface area (Å²) in [6, 6.07) is 4.38. The molecular formula is C16H20FNO3. The number of amides is 1. The molecule has 2 rings (SSSR count). The van der Waals surface area contributed by atoms with Gasteiger partial charge in [0, 0.05) is 6.54 Å². The van der Waals surface area contributed by atoms with Gasteiger partial charge in [-0.1, -0.05) is 25.3 Å². The average Bonchev–Trinajstić information content (AvgIpc) is 2.45. The number of carboxylic acid groups (broad SMARTS) is 1. The van der Waals surface area contributed by atoms with Gasteiger partial charge in [-0.2, -0.15) is 0 Å². The van der Waals surface area contributed by atoms with E-state index in [1.807, 2.05) is 0 Å². The van der Waals surface area contributed by atoms with E-state index in [4.69, 9.17) is 0 Å². The molecule has 0 bridgehead atoms. The number of hydrogen-bond acceptors (Lipinski definition) is 2. The van der Waals surface area contributed by atoms with Crippen LogP contribution in [0.15, 0.2) is 18.2 Å². The van der Waals surface area contributed by atoms with Crippen LogP contribution >= 0.6 is 0 Å². The second-order valence-electron chi connectivity index (χ2n) is 5.81. The lowest BCUT2D eigenvalue weighted by molar-refractivity contribution is -0.150. The van der Waals surface area contributed by atoms with Gasteiger partial charge in [-0.3, -0.25) is 9.59 Å². The summed E-state index contributed by atoms with van der Waals surface area (Å²) in [5.74, 6) is -2.02. The number of aryl methyl sites for hydroxylation is 1. The first-order chi connectivity index (χ1) is 9.94. The molecule has 0 aliphatic heterocycles. The summed E-state index contributed by atoms with van der Waals surface area (Å²) in [7, 11) is 0. The van der Waals surface area contributed by atoms with Gasteiger partial charge in [0.15, 0.2) is 0 Å². The first-order valence-electron chi connectivity index (χ1n) is 7.22. The molecule has 1 saturated carbocycles. The number of rotatable bonds is 4. The highest BCUT2D eigenvalue weighted by Gasteiger charge is 2.39. The van der Waals surface area contributed by atoms with Gasteiger partial charge in [0.1, 0.15) is 5.82 Å². The van der Waals surface area contributed by atoms with Crippen LogP contribution in [0.25, 0.3) is 0 Å². The van der Waals surface area contributed by atoms with Crippen LogP contribution in [0.3, 0.4) is 0 Å². The lowest BCUT2D eigenvalue weighted by Crippen LogP contribution is -2.44. The SMILES string of the molecule is Cc1ccc(C(=O)NCC2(C(=O)O)CCCCC2)c(F)c1. The smallest absolute Gasteiger partial charge is 0.311 e. The molecule has 0 atom stereocenters. The number of carbonyl (C=O) groups is 2. The zero-order valence-electron chi connectivity index (χ0n) is 12.1. The topological polar surface area (TPSA) is 66.4 Å². The van der Waals surface area contributed by atoms with E-state index in [2.05, 4.69) is 5.32 Å². The Morgan fingerprint density at radius 2 is 1.95 bits per heavy atom. The summed E-state index contributed by atoms with van der Waals surface area (Å²) in [5.41, 5.74) is -0.218.